The Hall–Kier alpha value is -2.04. The Morgan fingerprint density at radius 1 is 0.969 bits per heavy atom. The highest BCUT2D eigenvalue weighted by atomic mass is 32.1. The molecule has 0 amide bonds. The zero-order valence-corrected chi connectivity index (χ0v) is 20.7. The monoisotopic (exact) mass is 445 g/mol. The summed E-state index contributed by atoms with van der Waals surface area (Å²) in [6, 6.07) is 13.3. The summed E-state index contributed by atoms with van der Waals surface area (Å²) in [4.78, 5) is 12.1. The Labute approximate surface area is 196 Å². The molecule has 0 N–H and O–H groups in total. The first-order valence-corrected chi connectivity index (χ1v) is 12.9. The minimum atomic E-state index is 0.236. The van der Waals surface area contributed by atoms with E-state index in [9.17, 15) is 0 Å². The average molecular weight is 446 g/mol. The van der Waals surface area contributed by atoms with Crippen LogP contribution in [0.3, 0.4) is 0 Å². The lowest BCUT2D eigenvalue weighted by atomic mass is 9.63. The van der Waals surface area contributed by atoms with Gasteiger partial charge in [0.25, 0.3) is 0 Å². The highest BCUT2D eigenvalue weighted by molar-refractivity contribution is 7.10. The van der Waals surface area contributed by atoms with Crippen molar-refractivity contribution in [1.29, 1.82) is 0 Å². The molecule has 1 aromatic carbocycles. The molecule has 32 heavy (non-hydrogen) atoms. The Kier molecular flexibility index (Phi) is 5.71. The van der Waals surface area contributed by atoms with Crippen molar-refractivity contribution in [3.05, 3.63) is 69.8 Å². The van der Waals surface area contributed by atoms with E-state index in [0.717, 1.165) is 25.3 Å². The molecule has 3 aromatic rings. The third-order valence-electron chi connectivity index (χ3n) is 7.72. The Morgan fingerprint density at radius 2 is 1.72 bits per heavy atom. The summed E-state index contributed by atoms with van der Waals surface area (Å²) in [5.41, 5.74) is 7.14. The van der Waals surface area contributed by atoms with E-state index in [1.54, 1.807) is 0 Å². The topological polar surface area (TPSA) is 29.0 Å². The quantitative estimate of drug-likeness (QED) is 0.436. The van der Waals surface area contributed by atoms with Crippen LogP contribution in [0.4, 0.5) is 0 Å². The van der Waals surface area contributed by atoms with E-state index in [1.165, 1.54) is 53.1 Å². The van der Waals surface area contributed by atoms with Crippen LogP contribution in [-0.4, -0.2) is 28.0 Å². The van der Waals surface area contributed by atoms with Crippen LogP contribution in [0.5, 0.6) is 0 Å². The van der Waals surface area contributed by atoms with Crippen molar-refractivity contribution in [3.8, 4) is 11.3 Å². The zero-order valence-electron chi connectivity index (χ0n) is 19.9. The molecule has 3 heterocycles. The van der Waals surface area contributed by atoms with E-state index in [-0.39, 0.29) is 10.8 Å². The lowest BCUT2D eigenvalue weighted by molar-refractivity contribution is 0.202. The first-order valence-electron chi connectivity index (χ1n) is 12.0. The molecule has 2 aromatic heterocycles. The van der Waals surface area contributed by atoms with Gasteiger partial charge in [-0.05, 0) is 78.9 Å². The molecule has 0 bridgehead atoms. The van der Waals surface area contributed by atoms with Crippen molar-refractivity contribution in [3.63, 3.8) is 0 Å². The highest BCUT2D eigenvalue weighted by Crippen LogP contribution is 2.47. The number of benzene rings is 1. The molecule has 1 aliphatic carbocycles. The van der Waals surface area contributed by atoms with E-state index in [4.69, 9.17) is 4.98 Å². The van der Waals surface area contributed by atoms with Crippen molar-refractivity contribution in [2.45, 2.75) is 76.7 Å². The molecule has 2 aliphatic rings. The molecule has 168 valence electrons. The fourth-order valence-electron chi connectivity index (χ4n) is 5.41. The molecule has 0 spiro atoms. The van der Waals surface area contributed by atoms with Gasteiger partial charge in [-0.2, -0.15) is 0 Å². The summed E-state index contributed by atoms with van der Waals surface area (Å²) < 4.78 is 0. The van der Waals surface area contributed by atoms with E-state index >= 15 is 0 Å². The summed E-state index contributed by atoms with van der Waals surface area (Å²) in [5, 5.41) is 3.59. The first-order chi connectivity index (χ1) is 15.3. The minimum Gasteiger partial charge on any atom is -0.297 e. The number of nitrogens with zero attached hydrogens (tertiary/aromatic N) is 3. The van der Waals surface area contributed by atoms with Gasteiger partial charge in [-0.15, -0.1) is 11.3 Å². The lowest BCUT2D eigenvalue weighted by Crippen LogP contribution is -2.33. The Morgan fingerprint density at radius 3 is 2.44 bits per heavy atom. The van der Waals surface area contributed by atoms with Gasteiger partial charge in [0.2, 0.25) is 0 Å². The fraction of sp³-hybridized carbons (Fsp3) is 0.500. The molecule has 4 heteroatoms. The molecular formula is C28H35N3S. The van der Waals surface area contributed by atoms with Crippen LogP contribution in [0.2, 0.25) is 0 Å². The molecule has 3 nitrogen and oxygen atoms in total. The van der Waals surface area contributed by atoms with Crippen LogP contribution >= 0.6 is 11.3 Å². The largest absolute Gasteiger partial charge is 0.297 e. The second kappa shape index (κ2) is 8.39. The number of piperidine rings is 1. The van der Waals surface area contributed by atoms with Gasteiger partial charge in [-0.25, -0.2) is 4.98 Å². The fourth-order valence-corrected chi connectivity index (χ4v) is 6.41. The van der Waals surface area contributed by atoms with E-state index < -0.39 is 0 Å². The highest BCUT2D eigenvalue weighted by Gasteiger charge is 2.37. The number of fused-ring (bicyclic) bond motifs is 1. The smallest absolute Gasteiger partial charge is 0.0964 e. The number of thiazole rings is 1. The minimum absolute atomic E-state index is 0.236. The van der Waals surface area contributed by atoms with Crippen LogP contribution in [0, 0.1) is 0 Å². The predicted molar refractivity (Wildman–Crippen MR) is 134 cm³/mol. The molecule has 1 saturated heterocycles. The maximum Gasteiger partial charge on any atom is 0.0964 e. The van der Waals surface area contributed by atoms with Crippen molar-refractivity contribution in [2.75, 3.05) is 13.1 Å². The van der Waals surface area contributed by atoms with E-state index in [2.05, 4.69) is 73.3 Å². The van der Waals surface area contributed by atoms with Crippen LogP contribution < -0.4 is 0 Å². The van der Waals surface area contributed by atoms with Crippen molar-refractivity contribution in [1.82, 2.24) is 14.9 Å². The summed E-state index contributed by atoms with van der Waals surface area (Å²) in [5.74, 6) is 0.585. The standard InChI is InChI=1S/C28H35N3S/c1-27(2)12-13-28(3,4)24-17-21(8-9-23(24)27)25-19-32-26(30-25)20-10-15-31(16-11-20)18-22-7-5-6-14-29-22/h5-9,14,17,19-20H,10-13,15-16,18H2,1-4H3. The number of likely N-dealkylation sites (tertiary alicyclic amines) is 1. The maximum atomic E-state index is 5.13. The third-order valence-corrected chi connectivity index (χ3v) is 8.73. The second-order valence-electron chi connectivity index (χ2n) is 11.0. The molecule has 5 rings (SSSR count). The van der Waals surface area contributed by atoms with Gasteiger partial charge in [0.15, 0.2) is 0 Å². The molecule has 0 unspecified atom stereocenters. The van der Waals surface area contributed by atoms with Crippen molar-refractivity contribution >= 4 is 11.3 Å². The SMILES string of the molecule is CC1(C)CCC(C)(C)c2cc(-c3csc(C4CCN(Cc5ccccn5)CC4)n3)ccc21. The van der Waals surface area contributed by atoms with Gasteiger partial charge in [-0.3, -0.25) is 9.88 Å². The van der Waals surface area contributed by atoms with Gasteiger partial charge in [0.1, 0.15) is 0 Å². The summed E-state index contributed by atoms with van der Waals surface area (Å²) >= 11 is 1.85. The number of hydrogen-bond acceptors (Lipinski definition) is 4. The Balaban J connectivity index is 1.30. The zero-order chi connectivity index (χ0) is 22.3. The predicted octanol–water partition coefficient (Wildman–Crippen LogP) is 6.93. The number of aromatic nitrogens is 2. The lowest BCUT2D eigenvalue weighted by Gasteiger charge is -2.42. The molecule has 1 fully saturated rings. The summed E-state index contributed by atoms with van der Waals surface area (Å²) in [6.45, 7) is 12.8. The summed E-state index contributed by atoms with van der Waals surface area (Å²) in [7, 11) is 0. The van der Waals surface area contributed by atoms with Crippen molar-refractivity contribution in [2.24, 2.45) is 0 Å². The van der Waals surface area contributed by atoms with E-state index in [1.807, 2.05) is 23.6 Å². The maximum absolute atomic E-state index is 5.13. The second-order valence-corrected chi connectivity index (χ2v) is 11.9. The number of hydrogen-bond donors (Lipinski definition) is 0. The van der Waals surface area contributed by atoms with Crippen LogP contribution in [0.25, 0.3) is 11.3 Å². The molecule has 0 saturated carbocycles. The van der Waals surface area contributed by atoms with Gasteiger partial charge < -0.3 is 0 Å². The molecule has 0 radical (unpaired) electrons. The van der Waals surface area contributed by atoms with Gasteiger partial charge in [-0.1, -0.05) is 45.9 Å². The van der Waals surface area contributed by atoms with Crippen LogP contribution in [-0.2, 0) is 17.4 Å². The van der Waals surface area contributed by atoms with Crippen molar-refractivity contribution < 1.29 is 0 Å². The normalized spacial score (nSPS) is 20.8. The first kappa shape index (κ1) is 21.8. The van der Waals surface area contributed by atoms with Crippen LogP contribution in [0.1, 0.15) is 81.1 Å². The average Bonchev–Trinajstić information content (AvgIpc) is 3.28. The van der Waals surface area contributed by atoms with Gasteiger partial charge in [0, 0.05) is 29.6 Å². The molecule has 0 atom stereocenters. The number of pyridine rings is 1. The molecule has 1 aliphatic heterocycles. The van der Waals surface area contributed by atoms with Crippen LogP contribution in [0.15, 0.2) is 48.0 Å². The molecular weight excluding hydrogens is 410 g/mol. The van der Waals surface area contributed by atoms with E-state index in [0.29, 0.717) is 5.92 Å². The Bertz CT molecular complexity index is 1080. The van der Waals surface area contributed by atoms with Gasteiger partial charge >= 0.3 is 0 Å². The number of rotatable bonds is 4. The van der Waals surface area contributed by atoms with Gasteiger partial charge in [0.05, 0.1) is 16.4 Å². The third kappa shape index (κ3) is 4.27. The summed E-state index contributed by atoms with van der Waals surface area (Å²) in [6.07, 6.45) is 6.76.